The quantitative estimate of drug-likeness (QED) is 0.485. The minimum atomic E-state index is -0.729. The van der Waals surface area contributed by atoms with Crippen LogP contribution in [0.5, 0.6) is 11.5 Å². The minimum Gasteiger partial charge on any atom is -0.504 e. The first-order valence-corrected chi connectivity index (χ1v) is 5.35. The van der Waals surface area contributed by atoms with Crippen molar-refractivity contribution in [3.63, 3.8) is 0 Å². The van der Waals surface area contributed by atoms with E-state index in [4.69, 9.17) is 9.47 Å². The van der Waals surface area contributed by atoms with Crippen molar-refractivity contribution < 1.29 is 19.4 Å². The van der Waals surface area contributed by atoms with Gasteiger partial charge in [-0.3, -0.25) is 0 Å². The lowest BCUT2D eigenvalue weighted by atomic mass is 10.3. The molecule has 0 amide bonds. The van der Waals surface area contributed by atoms with Gasteiger partial charge in [-0.2, -0.15) is 0 Å². The van der Waals surface area contributed by atoms with E-state index in [1.165, 1.54) is 6.07 Å². The van der Waals surface area contributed by atoms with E-state index >= 15 is 0 Å². The molecule has 1 rings (SSSR count). The van der Waals surface area contributed by atoms with Gasteiger partial charge in [0.2, 0.25) is 6.29 Å². The van der Waals surface area contributed by atoms with Crippen LogP contribution in [0, 0.1) is 0 Å². The molecular weight excluding hydrogens is 220 g/mol. The highest BCUT2D eigenvalue weighted by molar-refractivity contribution is 5.87. The summed E-state index contributed by atoms with van der Waals surface area (Å²) in [4.78, 5) is 11.3. The lowest BCUT2D eigenvalue weighted by Gasteiger charge is -2.18. The number of hydrogen-bond donors (Lipinski definition) is 1. The van der Waals surface area contributed by atoms with Gasteiger partial charge < -0.3 is 14.6 Å². The third kappa shape index (κ3) is 3.83. The molecule has 0 bridgehead atoms. The maximum absolute atomic E-state index is 11.3. The molecule has 0 aliphatic carbocycles. The van der Waals surface area contributed by atoms with E-state index in [1.807, 2.05) is 6.92 Å². The van der Waals surface area contributed by atoms with Crippen LogP contribution < -0.4 is 4.74 Å². The fourth-order valence-electron chi connectivity index (χ4n) is 1.11. The summed E-state index contributed by atoms with van der Waals surface area (Å²) in [6, 6.07) is 6.51. The third-order valence-corrected chi connectivity index (χ3v) is 2.04. The Kier molecular flexibility index (Phi) is 4.57. The normalized spacial score (nSPS) is 11.6. The number of para-hydroxylation sites is 2. The van der Waals surface area contributed by atoms with Gasteiger partial charge in [0, 0.05) is 12.0 Å². The first-order chi connectivity index (χ1) is 8.04. The average Bonchev–Trinajstić information content (AvgIpc) is 2.30. The molecule has 1 aromatic carbocycles. The molecule has 92 valence electrons. The number of aromatic hydroxyl groups is 1. The molecule has 0 aliphatic rings. The van der Waals surface area contributed by atoms with Gasteiger partial charge in [0.25, 0.3) is 0 Å². The number of carbonyl (C=O) groups excluding carboxylic acids is 1. The van der Waals surface area contributed by atoms with Crippen LogP contribution in [0.2, 0.25) is 0 Å². The van der Waals surface area contributed by atoms with Gasteiger partial charge in [-0.1, -0.05) is 25.6 Å². The van der Waals surface area contributed by atoms with E-state index in [2.05, 4.69) is 6.58 Å². The first kappa shape index (κ1) is 13.1. The van der Waals surface area contributed by atoms with E-state index in [0.717, 1.165) is 0 Å². The average molecular weight is 236 g/mol. The van der Waals surface area contributed by atoms with Crippen molar-refractivity contribution >= 4 is 5.97 Å². The molecule has 0 fully saturated rings. The van der Waals surface area contributed by atoms with Gasteiger partial charge in [-0.25, -0.2) is 4.79 Å². The summed E-state index contributed by atoms with van der Waals surface area (Å²) < 4.78 is 10.4. The molecule has 0 saturated heterocycles. The largest absolute Gasteiger partial charge is 0.504 e. The summed E-state index contributed by atoms with van der Waals surface area (Å²) in [5, 5.41) is 9.52. The lowest BCUT2D eigenvalue weighted by Crippen LogP contribution is -2.23. The predicted molar refractivity (Wildman–Crippen MR) is 63.7 cm³/mol. The van der Waals surface area contributed by atoms with Crippen molar-refractivity contribution in [1.29, 1.82) is 0 Å². The van der Waals surface area contributed by atoms with Crippen LogP contribution in [-0.2, 0) is 9.53 Å². The number of phenols is 1. The van der Waals surface area contributed by atoms with Crippen molar-refractivity contribution in [2.24, 2.45) is 0 Å². The van der Waals surface area contributed by atoms with Crippen molar-refractivity contribution in [3.05, 3.63) is 36.4 Å². The second-order valence-electron chi connectivity index (χ2n) is 3.61. The monoisotopic (exact) mass is 236 g/mol. The molecule has 4 nitrogen and oxygen atoms in total. The van der Waals surface area contributed by atoms with Crippen LogP contribution in [-0.4, -0.2) is 17.4 Å². The molecule has 0 saturated carbocycles. The van der Waals surface area contributed by atoms with Crippen molar-refractivity contribution in [2.75, 3.05) is 0 Å². The van der Waals surface area contributed by atoms with Crippen molar-refractivity contribution in [2.45, 2.75) is 26.6 Å². The zero-order valence-electron chi connectivity index (χ0n) is 9.97. The second kappa shape index (κ2) is 5.94. The van der Waals surface area contributed by atoms with Gasteiger partial charge >= 0.3 is 5.97 Å². The van der Waals surface area contributed by atoms with E-state index in [1.54, 1.807) is 25.1 Å². The Morgan fingerprint density at radius 2 is 2.12 bits per heavy atom. The van der Waals surface area contributed by atoms with E-state index in [9.17, 15) is 9.90 Å². The molecule has 1 atom stereocenters. The van der Waals surface area contributed by atoms with Crippen LogP contribution in [0.15, 0.2) is 36.4 Å². The molecule has 1 N–H and O–H groups in total. The molecular formula is C13H16O4. The predicted octanol–water partition coefficient (Wildman–Crippen LogP) is 2.63. The molecule has 0 heterocycles. The Morgan fingerprint density at radius 3 is 2.65 bits per heavy atom. The van der Waals surface area contributed by atoms with Crippen LogP contribution in [0.4, 0.5) is 0 Å². The highest BCUT2D eigenvalue weighted by Gasteiger charge is 2.15. The Hall–Kier alpha value is -1.97. The van der Waals surface area contributed by atoms with Gasteiger partial charge in [0.05, 0.1) is 0 Å². The van der Waals surface area contributed by atoms with Crippen LogP contribution in [0.1, 0.15) is 20.3 Å². The summed E-state index contributed by atoms with van der Waals surface area (Å²) in [5.74, 6) is -0.210. The summed E-state index contributed by atoms with van der Waals surface area (Å²) in [6.07, 6.45) is -0.250. The van der Waals surface area contributed by atoms with Gasteiger partial charge in [0.15, 0.2) is 11.5 Å². The Bertz CT molecular complexity index is 412. The Balaban J connectivity index is 2.68. The molecule has 0 aromatic heterocycles. The summed E-state index contributed by atoms with van der Waals surface area (Å²) in [7, 11) is 0. The molecule has 1 aromatic rings. The highest BCUT2D eigenvalue weighted by Crippen LogP contribution is 2.26. The van der Waals surface area contributed by atoms with E-state index < -0.39 is 12.3 Å². The zero-order chi connectivity index (χ0) is 12.8. The number of esters is 1. The number of rotatable bonds is 5. The lowest BCUT2D eigenvalue weighted by molar-refractivity contribution is -0.159. The van der Waals surface area contributed by atoms with Crippen LogP contribution in [0.25, 0.3) is 0 Å². The molecule has 0 spiro atoms. The minimum absolute atomic E-state index is 0.0114. The molecule has 0 radical (unpaired) electrons. The number of phenolic OH excluding ortho intramolecular Hbond substituents is 1. The first-order valence-electron chi connectivity index (χ1n) is 5.35. The molecule has 4 heteroatoms. The van der Waals surface area contributed by atoms with Crippen LogP contribution in [0.3, 0.4) is 0 Å². The van der Waals surface area contributed by atoms with Crippen LogP contribution >= 0.6 is 0 Å². The Morgan fingerprint density at radius 1 is 1.47 bits per heavy atom. The van der Waals surface area contributed by atoms with Gasteiger partial charge in [-0.15, -0.1) is 0 Å². The SMILES string of the molecule is C=C(C)C(=O)OC(CC)Oc1ccccc1O. The van der Waals surface area contributed by atoms with E-state index in [-0.39, 0.29) is 11.5 Å². The number of benzene rings is 1. The fraction of sp³-hybridized carbons (Fsp3) is 0.308. The maximum Gasteiger partial charge on any atom is 0.336 e. The molecule has 17 heavy (non-hydrogen) atoms. The van der Waals surface area contributed by atoms with Crippen molar-refractivity contribution in [1.82, 2.24) is 0 Å². The summed E-state index contributed by atoms with van der Waals surface area (Å²) in [5.41, 5.74) is 0.310. The highest BCUT2D eigenvalue weighted by atomic mass is 16.7. The maximum atomic E-state index is 11.3. The second-order valence-corrected chi connectivity index (χ2v) is 3.61. The molecule has 0 aliphatic heterocycles. The number of carbonyl (C=O) groups is 1. The van der Waals surface area contributed by atoms with Crippen molar-refractivity contribution in [3.8, 4) is 11.5 Å². The zero-order valence-corrected chi connectivity index (χ0v) is 9.97. The summed E-state index contributed by atoms with van der Waals surface area (Å²) >= 11 is 0. The smallest absolute Gasteiger partial charge is 0.336 e. The third-order valence-electron chi connectivity index (χ3n) is 2.04. The van der Waals surface area contributed by atoms with Gasteiger partial charge in [0.1, 0.15) is 0 Å². The summed E-state index contributed by atoms with van der Waals surface area (Å²) in [6.45, 7) is 6.87. The molecule has 1 unspecified atom stereocenters. The topological polar surface area (TPSA) is 55.8 Å². The van der Waals surface area contributed by atoms with Gasteiger partial charge in [-0.05, 0) is 19.1 Å². The fourth-order valence-corrected chi connectivity index (χ4v) is 1.11. The Labute approximate surface area is 100 Å². The standard InChI is InChI=1S/C13H16O4/c1-4-12(17-13(15)9(2)3)16-11-8-6-5-7-10(11)14/h5-8,12,14H,2,4H2,1,3H3. The number of ether oxygens (including phenoxy) is 2. The van der Waals surface area contributed by atoms with E-state index in [0.29, 0.717) is 12.0 Å². The number of hydrogen-bond acceptors (Lipinski definition) is 4.